The molecular formula is C16H21N3O. The van der Waals surface area contributed by atoms with Crippen LogP contribution in [0.3, 0.4) is 0 Å². The molecule has 20 heavy (non-hydrogen) atoms. The fourth-order valence-corrected chi connectivity index (χ4v) is 2.80. The van der Waals surface area contributed by atoms with Crippen LogP contribution >= 0.6 is 0 Å². The van der Waals surface area contributed by atoms with E-state index in [1.807, 2.05) is 18.3 Å². The molecule has 0 saturated carbocycles. The number of nitrogens with two attached hydrogens (primary N) is 1. The fraction of sp³-hybridized carbons (Fsp3) is 0.438. The molecule has 1 aliphatic rings. The van der Waals surface area contributed by atoms with Gasteiger partial charge in [-0.1, -0.05) is 13.0 Å². The molecule has 0 amide bonds. The highest BCUT2D eigenvalue weighted by Crippen LogP contribution is 2.30. The highest BCUT2D eigenvalue weighted by Gasteiger charge is 2.24. The van der Waals surface area contributed by atoms with Gasteiger partial charge in [-0.05, 0) is 35.9 Å². The smallest absolute Gasteiger partial charge is 0.136 e. The number of methoxy groups -OCH3 is 1. The van der Waals surface area contributed by atoms with E-state index in [-0.39, 0.29) is 6.04 Å². The predicted octanol–water partition coefficient (Wildman–Crippen LogP) is 2.42. The van der Waals surface area contributed by atoms with E-state index in [0.717, 1.165) is 36.5 Å². The Bertz CT molecular complexity index is 614. The third-order valence-corrected chi connectivity index (χ3v) is 4.27. The van der Waals surface area contributed by atoms with E-state index in [9.17, 15) is 0 Å². The van der Waals surface area contributed by atoms with Crippen molar-refractivity contribution in [3.63, 3.8) is 0 Å². The van der Waals surface area contributed by atoms with Crippen molar-refractivity contribution in [3.8, 4) is 5.75 Å². The molecule has 0 radical (unpaired) electrons. The number of piperidine rings is 1. The lowest BCUT2D eigenvalue weighted by atomic mass is 9.94. The molecule has 2 heterocycles. The van der Waals surface area contributed by atoms with Crippen LogP contribution in [-0.2, 0) is 0 Å². The monoisotopic (exact) mass is 271 g/mol. The lowest BCUT2D eigenvalue weighted by Gasteiger charge is -2.36. The zero-order valence-electron chi connectivity index (χ0n) is 12.0. The van der Waals surface area contributed by atoms with E-state index in [2.05, 4.69) is 28.9 Å². The summed E-state index contributed by atoms with van der Waals surface area (Å²) in [7, 11) is 1.69. The Hall–Kier alpha value is -1.81. The van der Waals surface area contributed by atoms with Gasteiger partial charge in [0, 0.05) is 30.7 Å². The molecule has 2 unspecified atom stereocenters. The molecule has 2 atom stereocenters. The minimum atomic E-state index is 0.214. The Morgan fingerprint density at radius 2 is 2.20 bits per heavy atom. The van der Waals surface area contributed by atoms with Crippen molar-refractivity contribution in [1.29, 1.82) is 0 Å². The van der Waals surface area contributed by atoms with Crippen LogP contribution in [0, 0.1) is 5.92 Å². The summed E-state index contributed by atoms with van der Waals surface area (Å²) in [6.07, 6.45) is 2.98. The van der Waals surface area contributed by atoms with Gasteiger partial charge in [-0.25, -0.2) is 4.98 Å². The van der Waals surface area contributed by atoms with Crippen LogP contribution in [0.4, 0.5) is 5.82 Å². The molecule has 3 rings (SSSR count). The number of rotatable bonds is 2. The number of hydrogen-bond acceptors (Lipinski definition) is 4. The molecule has 2 aromatic rings. The molecule has 1 aromatic heterocycles. The van der Waals surface area contributed by atoms with Gasteiger partial charge < -0.3 is 15.4 Å². The first-order valence-corrected chi connectivity index (χ1v) is 7.12. The number of hydrogen-bond donors (Lipinski definition) is 1. The number of aromatic nitrogens is 1. The summed E-state index contributed by atoms with van der Waals surface area (Å²) in [5.41, 5.74) is 6.21. The van der Waals surface area contributed by atoms with E-state index in [4.69, 9.17) is 10.5 Å². The minimum absolute atomic E-state index is 0.214. The minimum Gasteiger partial charge on any atom is -0.497 e. The maximum absolute atomic E-state index is 6.21. The van der Waals surface area contributed by atoms with Crippen molar-refractivity contribution in [1.82, 2.24) is 4.98 Å². The van der Waals surface area contributed by atoms with Crippen LogP contribution < -0.4 is 15.4 Å². The molecule has 4 nitrogen and oxygen atoms in total. The summed E-state index contributed by atoms with van der Waals surface area (Å²) in [6, 6.07) is 8.36. The van der Waals surface area contributed by atoms with Gasteiger partial charge in [0.15, 0.2) is 0 Å². The standard InChI is InChI=1S/C16H21N3O/c1-11-6-8-19(10-15(11)17)16-14-9-13(20-2)4-3-12(14)5-7-18-16/h3-5,7,9,11,15H,6,8,10,17H2,1-2H3. The molecule has 1 fully saturated rings. The molecule has 106 valence electrons. The maximum Gasteiger partial charge on any atom is 0.136 e. The number of nitrogens with zero attached hydrogens (tertiary/aromatic N) is 2. The highest BCUT2D eigenvalue weighted by molar-refractivity contribution is 5.93. The predicted molar refractivity (Wildman–Crippen MR) is 82.3 cm³/mol. The molecule has 1 saturated heterocycles. The summed E-state index contributed by atoms with van der Waals surface area (Å²) in [4.78, 5) is 6.88. The van der Waals surface area contributed by atoms with Gasteiger partial charge in [0.2, 0.25) is 0 Å². The zero-order valence-corrected chi connectivity index (χ0v) is 12.0. The lowest BCUT2D eigenvalue weighted by molar-refractivity contribution is 0.378. The van der Waals surface area contributed by atoms with Gasteiger partial charge in [-0.3, -0.25) is 0 Å². The average molecular weight is 271 g/mol. The molecule has 0 bridgehead atoms. The summed E-state index contributed by atoms with van der Waals surface area (Å²) in [6.45, 7) is 4.10. The van der Waals surface area contributed by atoms with Crippen LogP contribution in [0.25, 0.3) is 10.8 Å². The number of pyridine rings is 1. The van der Waals surface area contributed by atoms with Gasteiger partial charge in [-0.15, -0.1) is 0 Å². The quantitative estimate of drug-likeness (QED) is 0.911. The topological polar surface area (TPSA) is 51.4 Å². The molecule has 4 heteroatoms. The number of benzene rings is 1. The summed E-state index contributed by atoms with van der Waals surface area (Å²) >= 11 is 0. The van der Waals surface area contributed by atoms with Crippen molar-refractivity contribution in [2.45, 2.75) is 19.4 Å². The van der Waals surface area contributed by atoms with Crippen molar-refractivity contribution in [3.05, 3.63) is 30.5 Å². The van der Waals surface area contributed by atoms with E-state index < -0.39 is 0 Å². The second kappa shape index (κ2) is 5.29. The van der Waals surface area contributed by atoms with Crippen LogP contribution in [-0.4, -0.2) is 31.2 Å². The highest BCUT2D eigenvalue weighted by atomic mass is 16.5. The van der Waals surface area contributed by atoms with Gasteiger partial charge in [-0.2, -0.15) is 0 Å². The van der Waals surface area contributed by atoms with Gasteiger partial charge in [0.25, 0.3) is 0 Å². The van der Waals surface area contributed by atoms with E-state index >= 15 is 0 Å². The summed E-state index contributed by atoms with van der Waals surface area (Å²) in [5, 5.41) is 2.32. The van der Waals surface area contributed by atoms with Crippen molar-refractivity contribution < 1.29 is 4.74 Å². The second-order valence-electron chi connectivity index (χ2n) is 5.60. The van der Waals surface area contributed by atoms with Crippen molar-refractivity contribution >= 4 is 16.6 Å². The van der Waals surface area contributed by atoms with Gasteiger partial charge in [0.1, 0.15) is 11.6 Å². The van der Waals surface area contributed by atoms with E-state index in [1.54, 1.807) is 7.11 Å². The van der Waals surface area contributed by atoms with E-state index in [0.29, 0.717) is 5.92 Å². The molecule has 1 aliphatic heterocycles. The zero-order chi connectivity index (χ0) is 14.1. The van der Waals surface area contributed by atoms with Gasteiger partial charge >= 0.3 is 0 Å². The first-order chi connectivity index (χ1) is 9.69. The number of ether oxygens (including phenoxy) is 1. The third kappa shape index (κ3) is 2.31. The van der Waals surface area contributed by atoms with Crippen LogP contribution in [0.2, 0.25) is 0 Å². The molecule has 1 aromatic carbocycles. The largest absolute Gasteiger partial charge is 0.497 e. The average Bonchev–Trinajstić information content (AvgIpc) is 2.49. The van der Waals surface area contributed by atoms with Crippen LogP contribution in [0.5, 0.6) is 5.75 Å². The maximum atomic E-state index is 6.21. The normalized spacial score (nSPS) is 23.1. The third-order valence-electron chi connectivity index (χ3n) is 4.27. The molecular weight excluding hydrogens is 250 g/mol. The number of fused-ring (bicyclic) bond motifs is 1. The lowest BCUT2D eigenvalue weighted by Crippen LogP contribution is -2.47. The van der Waals surface area contributed by atoms with E-state index in [1.165, 1.54) is 5.39 Å². The van der Waals surface area contributed by atoms with Crippen molar-refractivity contribution in [2.75, 3.05) is 25.1 Å². The first kappa shape index (κ1) is 13.2. The Labute approximate surface area is 119 Å². The SMILES string of the molecule is COc1ccc2ccnc(N3CCC(C)C(N)C3)c2c1. The Morgan fingerprint density at radius 3 is 2.95 bits per heavy atom. The molecule has 2 N–H and O–H groups in total. The summed E-state index contributed by atoms with van der Waals surface area (Å²) in [5.74, 6) is 2.46. The van der Waals surface area contributed by atoms with Gasteiger partial charge in [0.05, 0.1) is 7.11 Å². The Balaban J connectivity index is 2.02. The van der Waals surface area contributed by atoms with Crippen LogP contribution in [0.15, 0.2) is 30.5 Å². The van der Waals surface area contributed by atoms with Crippen molar-refractivity contribution in [2.24, 2.45) is 11.7 Å². The Morgan fingerprint density at radius 1 is 1.35 bits per heavy atom. The van der Waals surface area contributed by atoms with Crippen LogP contribution in [0.1, 0.15) is 13.3 Å². The molecule has 0 aliphatic carbocycles. The molecule has 0 spiro atoms. The second-order valence-corrected chi connectivity index (χ2v) is 5.60. The fourth-order valence-electron chi connectivity index (χ4n) is 2.80. The Kier molecular flexibility index (Phi) is 3.49. The number of anilines is 1. The first-order valence-electron chi connectivity index (χ1n) is 7.12. The summed E-state index contributed by atoms with van der Waals surface area (Å²) < 4.78 is 5.33.